The Bertz CT molecular complexity index is 305. The lowest BCUT2D eigenvalue weighted by Crippen LogP contribution is -2.49. The van der Waals surface area contributed by atoms with Crippen LogP contribution in [-0.4, -0.2) is 48.7 Å². The van der Waals surface area contributed by atoms with Crippen LogP contribution in [0.3, 0.4) is 0 Å². The first-order valence-electron chi connectivity index (χ1n) is 6.16. The smallest absolute Gasteiger partial charge is 0.243 e. The molecule has 3 N–H and O–H groups in total. The van der Waals surface area contributed by atoms with Gasteiger partial charge in [-0.05, 0) is 13.3 Å². The van der Waals surface area contributed by atoms with Gasteiger partial charge in [-0.1, -0.05) is 6.92 Å². The summed E-state index contributed by atoms with van der Waals surface area (Å²) in [6.07, 6.45) is 1.11. The van der Waals surface area contributed by atoms with Crippen molar-refractivity contribution in [3.8, 4) is 0 Å². The topological polar surface area (TPSA) is 92.5 Å². The molecule has 0 aliphatic rings. The summed E-state index contributed by atoms with van der Waals surface area (Å²) in [7, 11) is 1.55. The molecule has 0 bridgehead atoms. The Kier molecular flexibility index (Phi) is 7.94. The highest BCUT2D eigenvalue weighted by molar-refractivity contribution is 5.91. The summed E-state index contributed by atoms with van der Waals surface area (Å²) < 4.78 is 0. The minimum absolute atomic E-state index is 0.0301. The first kappa shape index (κ1) is 16.6. The minimum Gasteiger partial charge on any atom is -0.353 e. The zero-order valence-corrected chi connectivity index (χ0v) is 11.4. The van der Waals surface area contributed by atoms with E-state index in [0.29, 0.717) is 25.9 Å². The predicted molar refractivity (Wildman–Crippen MR) is 68.8 cm³/mol. The van der Waals surface area contributed by atoms with Crippen LogP contribution in [0.4, 0.5) is 0 Å². The molecule has 0 heterocycles. The second-order valence-corrected chi connectivity index (χ2v) is 4.26. The van der Waals surface area contributed by atoms with Gasteiger partial charge >= 0.3 is 0 Å². The van der Waals surface area contributed by atoms with Crippen molar-refractivity contribution in [2.24, 2.45) is 5.73 Å². The molecule has 1 atom stereocenters. The summed E-state index contributed by atoms with van der Waals surface area (Å²) in [4.78, 5) is 36.1. The molecule has 0 aromatic carbocycles. The highest BCUT2D eigenvalue weighted by atomic mass is 16.2. The summed E-state index contributed by atoms with van der Waals surface area (Å²) in [5.74, 6) is -0.590. The van der Waals surface area contributed by atoms with Crippen molar-refractivity contribution in [2.75, 3.05) is 20.1 Å². The van der Waals surface area contributed by atoms with E-state index >= 15 is 0 Å². The Balaban J connectivity index is 4.69. The Hall–Kier alpha value is -1.43. The predicted octanol–water partition coefficient (Wildman–Crippen LogP) is -0.332. The quantitative estimate of drug-likeness (QED) is 0.622. The molecule has 18 heavy (non-hydrogen) atoms. The third-order valence-corrected chi connectivity index (χ3v) is 2.55. The molecule has 6 heteroatoms. The van der Waals surface area contributed by atoms with Gasteiger partial charge < -0.3 is 16.0 Å². The number of hydrogen-bond acceptors (Lipinski definition) is 4. The highest BCUT2D eigenvalue weighted by Crippen LogP contribution is 2.06. The van der Waals surface area contributed by atoms with Crippen LogP contribution >= 0.6 is 0 Å². The number of likely N-dealkylation sites (N-methyl/N-ethyl adjacent to an activating group) is 1. The molecular formula is C12H23N3O3. The van der Waals surface area contributed by atoms with Gasteiger partial charge in [0, 0.05) is 33.0 Å². The van der Waals surface area contributed by atoms with Crippen LogP contribution in [0, 0.1) is 0 Å². The van der Waals surface area contributed by atoms with E-state index in [-0.39, 0.29) is 24.0 Å². The lowest BCUT2D eigenvalue weighted by molar-refractivity contribution is -0.140. The number of ketones is 1. The summed E-state index contributed by atoms with van der Waals surface area (Å²) in [6, 6.07) is -0.743. The van der Waals surface area contributed by atoms with Gasteiger partial charge in [-0.15, -0.1) is 0 Å². The van der Waals surface area contributed by atoms with E-state index < -0.39 is 6.04 Å². The van der Waals surface area contributed by atoms with E-state index in [9.17, 15) is 14.4 Å². The SMILES string of the molecule is CCCC(=O)N(C)C(CC(C)=O)C(=O)NCCN. The number of carbonyl (C=O) groups excluding carboxylic acids is 3. The van der Waals surface area contributed by atoms with E-state index in [2.05, 4.69) is 5.32 Å². The maximum absolute atomic E-state index is 11.9. The van der Waals surface area contributed by atoms with Gasteiger partial charge in [0.25, 0.3) is 0 Å². The van der Waals surface area contributed by atoms with Gasteiger partial charge in [0.2, 0.25) is 11.8 Å². The van der Waals surface area contributed by atoms with E-state index in [0.717, 1.165) is 0 Å². The lowest BCUT2D eigenvalue weighted by atomic mass is 10.1. The number of amides is 2. The second-order valence-electron chi connectivity index (χ2n) is 4.26. The van der Waals surface area contributed by atoms with Crippen molar-refractivity contribution < 1.29 is 14.4 Å². The first-order chi connectivity index (χ1) is 8.43. The van der Waals surface area contributed by atoms with Crippen molar-refractivity contribution >= 4 is 17.6 Å². The largest absolute Gasteiger partial charge is 0.353 e. The van der Waals surface area contributed by atoms with Gasteiger partial charge in [-0.3, -0.25) is 14.4 Å². The standard InChI is InChI=1S/C12H23N3O3/c1-4-5-11(17)15(3)10(8-9(2)16)12(18)14-7-6-13/h10H,4-8,13H2,1-3H3,(H,14,18). The Labute approximate surface area is 108 Å². The zero-order chi connectivity index (χ0) is 14.1. The summed E-state index contributed by atoms with van der Waals surface area (Å²) in [6.45, 7) is 3.95. The molecular weight excluding hydrogens is 234 g/mol. The van der Waals surface area contributed by atoms with Crippen LogP contribution in [-0.2, 0) is 14.4 Å². The van der Waals surface area contributed by atoms with E-state index in [4.69, 9.17) is 5.73 Å². The Morgan fingerprint density at radius 2 is 1.94 bits per heavy atom. The third kappa shape index (κ3) is 5.77. The molecule has 0 aliphatic heterocycles. The van der Waals surface area contributed by atoms with Crippen LogP contribution < -0.4 is 11.1 Å². The number of Topliss-reactive ketones (excluding diaryl/α,β-unsaturated/α-hetero) is 1. The third-order valence-electron chi connectivity index (χ3n) is 2.55. The molecule has 2 amide bonds. The van der Waals surface area contributed by atoms with Gasteiger partial charge in [0.05, 0.1) is 0 Å². The number of carbonyl (C=O) groups is 3. The van der Waals surface area contributed by atoms with Crippen molar-refractivity contribution in [1.29, 1.82) is 0 Å². The molecule has 1 unspecified atom stereocenters. The first-order valence-corrected chi connectivity index (χ1v) is 6.16. The molecule has 0 aliphatic carbocycles. The molecule has 0 aromatic heterocycles. The Morgan fingerprint density at radius 1 is 1.33 bits per heavy atom. The minimum atomic E-state index is -0.743. The summed E-state index contributed by atoms with van der Waals surface area (Å²) >= 11 is 0. The van der Waals surface area contributed by atoms with Crippen LogP contribution in [0.2, 0.25) is 0 Å². The molecule has 0 saturated carbocycles. The maximum Gasteiger partial charge on any atom is 0.243 e. The molecule has 0 saturated heterocycles. The van der Waals surface area contributed by atoms with Gasteiger partial charge in [-0.25, -0.2) is 0 Å². The van der Waals surface area contributed by atoms with Crippen molar-refractivity contribution in [2.45, 2.75) is 39.2 Å². The highest BCUT2D eigenvalue weighted by Gasteiger charge is 2.27. The Morgan fingerprint density at radius 3 is 2.39 bits per heavy atom. The molecule has 0 rings (SSSR count). The zero-order valence-electron chi connectivity index (χ0n) is 11.4. The lowest BCUT2D eigenvalue weighted by Gasteiger charge is -2.26. The van der Waals surface area contributed by atoms with Crippen LogP contribution in [0.25, 0.3) is 0 Å². The number of hydrogen-bond donors (Lipinski definition) is 2. The number of nitrogens with one attached hydrogen (secondary N) is 1. The fraction of sp³-hybridized carbons (Fsp3) is 0.750. The number of nitrogens with two attached hydrogens (primary N) is 1. The maximum atomic E-state index is 11.9. The number of nitrogens with zero attached hydrogens (tertiary/aromatic N) is 1. The van der Waals surface area contributed by atoms with Crippen LogP contribution in [0.5, 0.6) is 0 Å². The van der Waals surface area contributed by atoms with E-state index in [1.165, 1.54) is 11.8 Å². The van der Waals surface area contributed by atoms with Gasteiger partial charge in [-0.2, -0.15) is 0 Å². The van der Waals surface area contributed by atoms with Crippen LogP contribution in [0.1, 0.15) is 33.1 Å². The monoisotopic (exact) mass is 257 g/mol. The van der Waals surface area contributed by atoms with Gasteiger partial charge in [0.1, 0.15) is 11.8 Å². The van der Waals surface area contributed by atoms with Crippen molar-refractivity contribution in [3.05, 3.63) is 0 Å². The molecule has 0 spiro atoms. The summed E-state index contributed by atoms with van der Waals surface area (Å²) in [5.41, 5.74) is 5.30. The number of rotatable bonds is 8. The van der Waals surface area contributed by atoms with E-state index in [1.807, 2.05) is 6.92 Å². The van der Waals surface area contributed by atoms with Crippen molar-refractivity contribution in [1.82, 2.24) is 10.2 Å². The second kappa shape index (κ2) is 8.63. The molecule has 0 aromatic rings. The van der Waals surface area contributed by atoms with Gasteiger partial charge in [0.15, 0.2) is 0 Å². The van der Waals surface area contributed by atoms with E-state index in [1.54, 1.807) is 7.05 Å². The average molecular weight is 257 g/mol. The van der Waals surface area contributed by atoms with Crippen LogP contribution in [0.15, 0.2) is 0 Å². The van der Waals surface area contributed by atoms with Crippen molar-refractivity contribution in [3.63, 3.8) is 0 Å². The fourth-order valence-electron chi connectivity index (χ4n) is 1.56. The fourth-order valence-corrected chi connectivity index (χ4v) is 1.56. The summed E-state index contributed by atoms with van der Waals surface area (Å²) in [5, 5.41) is 2.61. The normalized spacial score (nSPS) is 11.8. The average Bonchev–Trinajstić information content (AvgIpc) is 2.32. The molecule has 6 nitrogen and oxygen atoms in total. The molecule has 0 fully saturated rings. The molecule has 104 valence electrons. The molecule has 0 radical (unpaired) electrons.